The van der Waals surface area contributed by atoms with E-state index in [0.29, 0.717) is 6.04 Å². The Morgan fingerprint density at radius 2 is 2.12 bits per heavy atom. The fourth-order valence-corrected chi connectivity index (χ4v) is 2.50. The van der Waals surface area contributed by atoms with E-state index in [1.165, 1.54) is 16.5 Å². The van der Waals surface area contributed by atoms with Gasteiger partial charge in [-0.15, -0.1) is 0 Å². The van der Waals surface area contributed by atoms with Gasteiger partial charge in [-0.3, -0.25) is 0 Å². The summed E-state index contributed by atoms with van der Waals surface area (Å²) < 4.78 is 3.35. The molecule has 0 atom stereocenters. The molecule has 1 N–H and O–H groups in total. The van der Waals surface area contributed by atoms with E-state index in [2.05, 4.69) is 71.1 Å². The lowest BCUT2D eigenvalue weighted by Crippen LogP contribution is -2.24. The number of hydrogen-bond acceptors (Lipinski definition) is 1. The molecule has 0 aliphatic carbocycles. The van der Waals surface area contributed by atoms with Gasteiger partial charge in [0.25, 0.3) is 0 Å². The second kappa shape index (κ2) is 5.23. The summed E-state index contributed by atoms with van der Waals surface area (Å²) in [4.78, 5) is 0. The Balaban J connectivity index is 2.24. The second-order valence-corrected chi connectivity index (χ2v) is 5.70. The quantitative estimate of drug-likeness (QED) is 0.913. The zero-order chi connectivity index (χ0) is 12.4. The van der Waals surface area contributed by atoms with Gasteiger partial charge < -0.3 is 9.88 Å². The molecule has 0 bridgehead atoms. The molecule has 0 amide bonds. The van der Waals surface area contributed by atoms with Gasteiger partial charge in [-0.25, -0.2) is 0 Å². The number of nitrogens with one attached hydrogen (secondary N) is 1. The normalized spacial score (nSPS) is 11.6. The highest BCUT2D eigenvalue weighted by Crippen LogP contribution is 2.24. The molecule has 0 saturated carbocycles. The highest BCUT2D eigenvalue weighted by atomic mass is 79.9. The Labute approximate surface area is 111 Å². The van der Waals surface area contributed by atoms with E-state index >= 15 is 0 Å². The van der Waals surface area contributed by atoms with Gasteiger partial charge in [-0.2, -0.15) is 0 Å². The van der Waals surface area contributed by atoms with Gasteiger partial charge in [-0.1, -0.05) is 29.8 Å². The van der Waals surface area contributed by atoms with Crippen LogP contribution in [0.2, 0.25) is 0 Å². The van der Waals surface area contributed by atoms with Crippen molar-refractivity contribution in [3.05, 3.63) is 34.4 Å². The van der Waals surface area contributed by atoms with Gasteiger partial charge in [0.1, 0.15) is 0 Å². The van der Waals surface area contributed by atoms with Gasteiger partial charge in [-0.05, 0) is 36.7 Å². The molecular formula is C14H19BrN2. The number of fused-ring (bicyclic) bond motifs is 1. The van der Waals surface area contributed by atoms with E-state index in [9.17, 15) is 0 Å². The van der Waals surface area contributed by atoms with Crippen molar-refractivity contribution in [2.45, 2.75) is 26.3 Å². The van der Waals surface area contributed by atoms with Crippen LogP contribution < -0.4 is 5.32 Å². The Kier molecular flexibility index (Phi) is 3.89. The van der Waals surface area contributed by atoms with Gasteiger partial charge >= 0.3 is 0 Å². The maximum Gasteiger partial charge on any atom is 0.0481 e. The first-order chi connectivity index (χ1) is 8.08. The smallest absolute Gasteiger partial charge is 0.0481 e. The summed E-state index contributed by atoms with van der Waals surface area (Å²) in [5.41, 5.74) is 2.71. The van der Waals surface area contributed by atoms with Crippen LogP contribution in [-0.2, 0) is 13.5 Å². The van der Waals surface area contributed by atoms with Crippen LogP contribution in [0.5, 0.6) is 0 Å². The first-order valence-electron chi connectivity index (χ1n) is 6.05. The number of aryl methyl sites for hydroxylation is 1. The first kappa shape index (κ1) is 12.7. The van der Waals surface area contributed by atoms with E-state index in [-0.39, 0.29) is 0 Å². The third-order valence-corrected chi connectivity index (χ3v) is 3.47. The number of rotatable bonds is 4. The standard InChI is InChI=1S/C14H19BrN2/c1-10(2)16-7-6-11-9-17(3)14-5-4-12(15)8-13(11)14/h4-5,8-10,16H,6-7H2,1-3H3. The molecule has 0 aliphatic heterocycles. The molecule has 1 heterocycles. The largest absolute Gasteiger partial charge is 0.350 e. The van der Waals surface area contributed by atoms with Crippen LogP contribution >= 0.6 is 15.9 Å². The fraction of sp³-hybridized carbons (Fsp3) is 0.429. The second-order valence-electron chi connectivity index (χ2n) is 4.79. The molecule has 0 radical (unpaired) electrons. The number of nitrogens with zero attached hydrogens (tertiary/aromatic N) is 1. The minimum Gasteiger partial charge on any atom is -0.350 e. The molecule has 0 spiro atoms. The van der Waals surface area contributed by atoms with Crippen LogP contribution in [0.1, 0.15) is 19.4 Å². The van der Waals surface area contributed by atoms with Crippen LogP contribution in [0.3, 0.4) is 0 Å². The molecule has 2 nitrogen and oxygen atoms in total. The summed E-state index contributed by atoms with van der Waals surface area (Å²) in [6.45, 7) is 5.39. The zero-order valence-corrected chi connectivity index (χ0v) is 12.2. The Morgan fingerprint density at radius 1 is 1.35 bits per heavy atom. The van der Waals surface area contributed by atoms with Crippen molar-refractivity contribution >= 4 is 26.8 Å². The molecule has 0 fully saturated rings. The number of benzene rings is 1. The minimum absolute atomic E-state index is 0.553. The zero-order valence-electron chi connectivity index (χ0n) is 10.6. The summed E-state index contributed by atoms with van der Waals surface area (Å²) in [7, 11) is 2.11. The highest BCUT2D eigenvalue weighted by molar-refractivity contribution is 9.10. The van der Waals surface area contributed by atoms with Crippen LogP contribution in [0, 0.1) is 0 Å². The molecule has 1 aromatic heterocycles. The van der Waals surface area contributed by atoms with Gasteiger partial charge in [0.15, 0.2) is 0 Å². The van der Waals surface area contributed by atoms with Crippen molar-refractivity contribution in [2.24, 2.45) is 7.05 Å². The van der Waals surface area contributed by atoms with Crippen molar-refractivity contribution in [3.8, 4) is 0 Å². The van der Waals surface area contributed by atoms with E-state index in [1.807, 2.05) is 0 Å². The maximum atomic E-state index is 3.54. The molecule has 1 aromatic carbocycles. The Morgan fingerprint density at radius 3 is 2.82 bits per heavy atom. The molecule has 92 valence electrons. The molecular weight excluding hydrogens is 276 g/mol. The van der Waals surface area contributed by atoms with Crippen LogP contribution in [-0.4, -0.2) is 17.2 Å². The number of hydrogen-bond donors (Lipinski definition) is 1. The van der Waals surface area contributed by atoms with E-state index in [4.69, 9.17) is 0 Å². The summed E-state index contributed by atoms with van der Waals surface area (Å²) >= 11 is 3.54. The first-order valence-corrected chi connectivity index (χ1v) is 6.84. The molecule has 3 heteroatoms. The predicted octanol–water partition coefficient (Wildman–Crippen LogP) is 3.48. The molecule has 0 unspecified atom stereocenters. The average Bonchev–Trinajstić information content (AvgIpc) is 2.55. The van der Waals surface area contributed by atoms with Crippen molar-refractivity contribution in [2.75, 3.05) is 6.54 Å². The lowest BCUT2D eigenvalue weighted by Gasteiger charge is -2.06. The van der Waals surface area contributed by atoms with Crippen LogP contribution in [0.25, 0.3) is 10.9 Å². The van der Waals surface area contributed by atoms with Crippen LogP contribution in [0.15, 0.2) is 28.9 Å². The van der Waals surface area contributed by atoms with E-state index in [0.717, 1.165) is 17.4 Å². The molecule has 17 heavy (non-hydrogen) atoms. The SMILES string of the molecule is CC(C)NCCc1cn(C)c2ccc(Br)cc12. The van der Waals surface area contributed by atoms with Crippen molar-refractivity contribution in [1.29, 1.82) is 0 Å². The minimum atomic E-state index is 0.553. The van der Waals surface area contributed by atoms with Crippen molar-refractivity contribution in [1.82, 2.24) is 9.88 Å². The molecule has 0 saturated heterocycles. The van der Waals surface area contributed by atoms with E-state index < -0.39 is 0 Å². The average molecular weight is 295 g/mol. The maximum absolute atomic E-state index is 3.54. The lowest BCUT2D eigenvalue weighted by atomic mass is 10.1. The number of aromatic nitrogens is 1. The summed E-state index contributed by atoms with van der Waals surface area (Å²) in [5.74, 6) is 0. The monoisotopic (exact) mass is 294 g/mol. The third kappa shape index (κ3) is 2.90. The summed E-state index contributed by atoms with van der Waals surface area (Å²) in [6, 6.07) is 7.02. The Hall–Kier alpha value is -0.800. The van der Waals surface area contributed by atoms with Crippen molar-refractivity contribution in [3.63, 3.8) is 0 Å². The molecule has 0 aliphatic rings. The van der Waals surface area contributed by atoms with Crippen LogP contribution in [0.4, 0.5) is 0 Å². The summed E-state index contributed by atoms with van der Waals surface area (Å²) in [5, 5.41) is 4.82. The highest BCUT2D eigenvalue weighted by Gasteiger charge is 2.06. The number of halogens is 1. The molecule has 2 aromatic rings. The van der Waals surface area contributed by atoms with Gasteiger partial charge in [0.05, 0.1) is 0 Å². The lowest BCUT2D eigenvalue weighted by molar-refractivity contribution is 0.591. The van der Waals surface area contributed by atoms with E-state index in [1.54, 1.807) is 0 Å². The summed E-state index contributed by atoms with van der Waals surface area (Å²) in [6.07, 6.45) is 3.31. The predicted molar refractivity (Wildman–Crippen MR) is 77.5 cm³/mol. The topological polar surface area (TPSA) is 17.0 Å². The van der Waals surface area contributed by atoms with Crippen molar-refractivity contribution < 1.29 is 0 Å². The van der Waals surface area contributed by atoms with Gasteiger partial charge in [0.2, 0.25) is 0 Å². The van der Waals surface area contributed by atoms with Gasteiger partial charge in [0, 0.05) is 34.7 Å². The Bertz CT molecular complexity index is 514. The fourth-order valence-electron chi connectivity index (χ4n) is 2.14. The third-order valence-electron chi connectivity index (χ3n) is 2.98. The molecule has 2 rings (SSSR count).